The number of pyridine rings is 1. The van der Waals surface area contributed by atoms with Crippen molar-refractivity contribution < 1.29 is 22.7 Å². The van der Waals surface area contributed by atoms with Crippen LogP contribution in [0.25, 0.3) is 22.4 Å². The molecule has 0 spiro atoms. The number of aromatic hydroxyl groups is 1. The summed E-state index contributed by atoms with van der Waals surface area (Å²) in [7, 11) is 0. The van der Waals surface area contributed by atoms with Crippen LogP contribution in [0.4, 0.5) is 23.5 Å². The van der Waals surface area contributed by atoms with E-state index < -0.39 is 23.3 Å². The molecule has 160 valence electrons. The van der Waals surface area contributed by atoms with Gasteiger partial charge in [0.15, 0.2) is 11.5 Å². The van der Waals surface area contributed by atoms with Crippen molar-refractivity contribution in [2.24, 2.45) is 0 Å². The quantitative estimate of drug-likeness (QED) is 0.543. The van der Waals surface area contributed by atoms with E-state index in [1.807, 2.05) is 0 Å². The first-order valence-corrected chi connectivity index (χ1v) is 9.70. The zero-order valence-electron chi connectivity index (χ0n) is 16.2. The van der Waals surface area contributed by atoms with Crippen molar-refractivity contribution in [2.75, 3.05) is 25.0 Å². The average molecular weight is 423 g/mol. The number of anilines is 1. The number of hydrogen-bond acceptors (Lipinski definition) is 5. The molecule has 1 fully saturated rings. The standard InChI is InChI=1S/C20H21F4N5O/c1-2-29-7-3-4-12(10-29)25-19-26-15-9-14(21)17(27-18(15)28-19)13-6-5-11(8-16(13)30)20(22,23)24/h5-6,8-9,12,30H,2-4,7,10H2,1H3,(H2,25,26,27,28)/t12-/m1/s1. The predicted molar refractivity (Wildman–Crippen MR) is 105 cm³/mol. The smallest absolute Gasteiger partial charge is 0.416 e. The number of nitrogens with one attached hydrogen (secondary N) is 2. The number of likely N-dealkylation sites (N-methyl/N-ethyl adjacent to an activating group) is 1. The summed E-state index contributed by atoms with van der Waals surface area (Å²) < 4.78 is 53.0. The molecule has 10 heteroatoms. The van der Waals surface area contributed by atoms with Crippen LogP contribution in [0.2, 0.25) is 0 Å². The molecule has 1 saturated heterocycles. The molecule has 0 aliphatic carbocycles. The minimum absolute atomic E-state index is 0.134. The number of H-pyrrole nitrogens is 1. The molecular weight excluding hydrogens is 402 g/mol. The van der Waals surface area contributed by atoms with Gasteiger partial charge < -0.3 is 20.3 Å². The first-order chi connectivity index (χ1) is 14.2. The van der Waals surface area contributed by atoms with Crippen molar-refractivity contribution in [2.45, 2.75) is 32.0 Å². The van der Waals surface area contributed by atoms with Gasteiger partial charge in [0.25, 0.3) is 0 Å². The van der Waals surface area contributed by atoms with Gasteiger partial charge in [-0.25, -0.2) is 9.37 Å². The molecule has 0 unspecified atom stereocenters. The lowest BCUT2D eigenvalue weighted by Gasteiger charge is -2.32. The van der Waals surface area contributed by atoms with Gasteiger partial charge in [0.05, 0.1) is 11.1 Å². The molecule has 1 aliphatic rings. The summed E-state index contributed by atoms with van der Waals surface area (Å²) in [4.78, 5) is 13.8. The first kappa shape index (κ1) is 20.4. The maximum Gasteiger partial charge on any atom is 0.416 e. The maximum atomic E-state index is 14.6. The third-order valence-electron chi connectivity index (χ3n) is 5.30. The molecule has 3 N–H and O–H groups in total. The van der Waals surface area contributed by atoms with Crippen molar-refractivity contribution in [1.82, 2.24) is 19.9 Å². The van der Waals surface area contributed by atoms with Gasteiger partial charge in [-0.1, -0.05) is 6.92 Å². The fourth-order valence-corrected chi connectivity index (χ4v) is 3.74. The number of aromatic amines is 1. The summed E-state index contributed by atoms with van der Waals surface area (Å²) >= 11 is 0. The van der Waals surface area contributed by atoms with Crippen molar-refractivity contribution in [3.8, 4) is 17.0 Å². The fraction of sp³-hybridized carbons (Fsp3) is 0.400. The number of imidazole rings is 1. The van der Waals surface area contributed by atoms with Crippen LogP contribution < -0.4 is 5.32 Å². The molecule has 1 aliphatic heterocycles. The fourth-order valence-electron chi connectivity index (χ4n) is 3.74. The number of nitrogens with zero attached hydrogens (tertiary/aromatic N) is 3. The Hall–Kier alpha value is -2.88. The highest BCUT2D eigenvalue weighted by Gasteiger charge is 2.31. The summed E-state index contributed by atoms with van der Waals surface area (Å²) in [5.41, 5.74) is -0.859. The highest BCUT2D eigenvalue weighted by Crippen LogP contribution is 2.37. The molecule has 4 rings (SSSR count). The number of benzene rings is 1. The summed E-state index contributed by atoms with van der Waals surface area (Å²) in [6.07, 6.45) is -2.56. The monoisotopic (exact) mass is 423 g/mol. The van der Waals surface area contributed by atoms with E-state index in [0.29, 0.717) is 17.5 Å². The lowest BCUT2D eigenvalue weighted by Crippen LogP contribution is -2.42. The van der Waals surface area contributed by atoms with Gasteiger partial charge in [-0.15, -0.1) is 0 Å². The molecule has 1 atom stereocenters. The number of phenolic OH excluding ortho intramolecular Hbond substituents is 1. The topological polar surface area (TPSA) is 77.1 Å². The second-order valence-electron chi connectivity index (χ2n) is 7.38. The Bertz CT molecular complexity index is 1070. The summed E-state index contributed by atoms with van der Waals surface area (Å²) in [5.74, 6) is -1.03. The molecule has 3 aromatic rings. The zero-order chi connectivity index (χ0) is 21.5. The molecule has 6 nitrogen and oxygen atoms in total. The molecule has 2 aromatic heterocycles. The Morgan fingerprint density at radius 1 is 1.27 bits per heavy atom. The summed E-state index contributed by atoms with van der Waals surface area (Å²) in [6.45, 7) is 5.00. The van der Waals surface area contributed by atoms with Crippen LogP contribution in [-0.4, -0.2) is 50.6 Å². The Morgan fingerprint density at radius 2 is 2.07 bits per heavy atom. The van der Waals surface area contributed by atoms with Crippen molar-refractivity contribution in [1.29, 1.82) is 0 Å². The maximum absolute atomic E-state index is 14.6. The lowest BCUT2D eigenvalue weighted by atomic mass is 10.1. The van der Waals surface area contributed by atoms with Crippen molar-refractivity contribution >= 4 is 17.1 Å². The van der Waals surface area contributed by atoms with Crippen LogP contribution in [-0.2, 0) is 6.18 Å². The van der Waals surface area contributed by atoms with Crippen LogP contribution in [0, 0.1) is 5.82 Å². The molecule has 1 aromatic carbocycles. The van der Waals surface area contributed by atoms with Gasteiger partial charge in [0.2, 0.25) is 5.95 Å². The van der Waals surface area contributed by atoms with E-state index in [0.717, 1.165) is 44.6 Å². The van der Waals surface area contributed by atoms with Crippen LogP contribution in [0.15, 0.2) is 24.3 Å². The molecule has 0 radical (unpaired) electrons. The van der Waals surface area contributed by atoms with E-state index in [2.05, 4.69) is 32.1 Å². The number of fused-ring (bicyclic) bond motifs is 1. The summed E-state index contributed by atoms with van der Waals surface area (Å²) in [6, 6.07) is 3.71. The number of alkyl halides is 3. The van der Waals surface area contributed by atoms with Crippen LogP contribution in [0.3, 0.4) is 0 Å². The van der Waals surface area contributed by atoms with Gasteiger partial charge in [0, 0.05) is 24.2 Å². The number of hydrogen-bond donors (Lipinski definition) is 3. The van der Waals surface area contributed by atoms with Gasteiger partial charge in [-0.2, -0.15) is 18.2 Å². The van der Waals surface area contributed by atoms with Crippen molar-refractivity contribution in [3.63, 3.8) is 0 Å². The second kappa shape index (κ2) is 7.75. The average Bonchev–Trinajstić information content (AvgIpc) is 3.07. The Balaban J connectivity index is 1.63. The normalized spacial score (nSPS) is 18.1. The van der Waals surface area contributed by atoms with Gasteiger partial charge in [-0.3, -0.25) is 0 Å². The largest absolute Gasteiger partial charge is 0.507 e. The molecule has 0 saturated carbocycles. The minimum Gasteiger partial charge on any atom is -0.507 e. The highest BCUT2D eigenvalue weighted by molar-refractivity contribution is 5.79. The first-order valence-electron chi connectivity index (χ1n) is 9.70. The lowest BCUT2D eigenvalue weighted by molar-refractivity contribution is -0.137. The Kier molecular flexibility index (Phi) is 5.27. The minimum atomic E-state index is -4.61. The number of halogens is 4. The number of piperidine rings is 1. The van der Waals surface area contributed by atoms with Crippen molar-refractivity contribution in [3.05, 3.63) is 35.6 Å². The SMILES string of the molecule is CCN1CCC[C@@H](Nc2nc3nc(-c4ccc(C(F)(F)F)cc4O)c(F)cc3[nH]2)C1. The van der Waals surface area contributed by atoms with E-state index in [1.165, 1.54) is 6.07 Å². The number of aromatic nitrogens is 3. The van der Waals surface area contributed by atoms with E-state index >= 15 is 0 Å². The molecule has 0 bridgehead atoms. The third kappa shape index (κ3) is 4.04. The third-order valence-corrected chi connectivity index (χ3v) is 5.30. The number of phenols is 1. The van der Waals surface area contributed by atoms with Gasteiger partial charge in [0.1, 0.15) is 11.4 Å². The van der Waals surface area contributed by atoms with E-state index in [9.17, 15) is 22.7 Å². The Morgan fingerprint density at radius 3 is 2.77 bits per heavy atom. The van der Waals surface area contributed by atoms with Crippen LogP contribution in [0.1, 0.15) is 25.3 Å². The molecule has 3 heterocycles. The van der Waals surface area contributed by atoms with Gasteiger partial charge >= 0.3 is 6.18 Å². The van der Waals surface area contributed by atoms with E-state index in [-0.39, 0.29) is 22.9 Å². The van der Waals surface area contributed by atoms with E-state index in [4.69, 9.17) is 0 Å². The van der Waals surface area contributed by atoms with Gasteiger partial charge in [-0.05, 0) is 44.1 Å². The van der Waals surface area contributed by atoms with Crippen LogP contribution in [0.5, 0.6) is 5.75 Å². The molecule has 30 heavy (non-hydrogen) atoms. The number of likely N-dealkylation sites (tertiary alicyclic amines) is 1. The number of rotatable bonds is 4. The Labute approximate surface area is 169 Å². The molecular formula is C20H21F4N5O. The summed E-state index contributed by atoms with van der Waals surface area (Å²) in [5, 5.41) is 13.3. The zero-order valence-corrected chi connectivity index (χ0v) is 16.2. The second-order valence-corrected chi connectivity index (χ2v) is 7.38. The van der Waals surface area contributed by atoms with Crippen LogP contribution >= 0.6 is 0 Å². The molecule has 0 amide bonds. The highest BCUT2D eigenvalue weighted by atomic mass is 19.4. The van der Waals surface area contributed by atoms with E-state index in [1.54, 1.807) is 0 Å². The predicted octanol–water partition coefficient (Wildman–Crippen LogP) is 4.38.